The maximum Gasteiger partial charge on any atom is 0.225 e. The molecule has 3 fully saturated rings. The van der Waals surface area contributed by atoms with Crippen LogP contribution in [0, 0.1) is 18.3 Å². The van der Waals surface area contributed by atoms with Crippen molar-refractivity contribution in [2.75, 3.05) is 19.6 Å². The molecule has 6 heteroatoms. The van der Waals surface area contributed by atoms with E-state index in [1.165, 1.54) is 17.0 Å². The van der Waals surface area contributed by atoms with Gasteiger partial charge in [-0.05, 0) is 49.7 Å². The quantitative estimate of drug-likeness (QED) is 0.850. The minimum absolute atomic E-state index is 0.138. The molecule has 0 radical (unpaired) electrons. The highest BCUT2D eigenvalue weighted by atomic mass is 32.1. The fourth-order valence-electron chi connectivity index (χ4n) is 4.49. The van der Waals surface area contributed by atoms with Crippen molar-refractivity contribution in [1.82, 2.24) is 20.2 Å². The van der Waals surface area contributed by atoms with Crippen molar-refractivity contribution in [3.63, 3.8) is 0 Å². The van der Waals surface area contributed by atoms with Crippen molar-refractivity contribution in [2.45, 2.75) is 52.5 Å². The summed E-state index contributed by atoms with van der Waals surface area (Å²) in [7, 11) is 0. The third-order valence-corrected chi connectivity index (χ3v) is 6.96. The molecule has 5 heterocycles. The summed E-state index contributed by atoms with van der Waals surface area (Å²) in [5.74, 6) is 2.08. The number of aromatic nitrogens is 2. The lowest BCUT2D eigenvalue weighted by atomic mass is 9.74. The van der Waals surface area contributed by atoms with Gasteiger partial charge in [-0.2, -0.15) is 0 Å². The van der Waals surface area contributed by atoms with Crippen LogP contribution in [-0.2, 0) is 4.79 Å². The number of carbonyl (C=O) groups is 1. The zero-order valence-corrected chi connectivity index (χ0v) is 18.1. The summed E-state index contributed by atoms with van der Waals surface area (Å²) in [6, 6.07) is 6.84. The summed E-state index contributed by atoms with van der Waals surface area (Å²) in [5, 5.41) is 5.26. The Hall–Kier alpha value is -1.79. The van der Waals surface area contributed by atoms with Gasteiger partial charge < -0.3 is 5.32 Å². The van der Waals surface area contributed by atoms with Crippen LogP contribution in [-0.4, -0.2) is 46.5 Å². The van der Waals surface area contributed by atoms with E-state index in [4.69, 9.17) is 4.98 Å². The number of hydrogen-bond donors (Lipinski definition) is 1. The number of nitrogens with one attached hydrogen (secondary N) is 1. The van der Waals surface area contributed by atoms with Crippen LogP contribution in [0.25, 0.3) is 10.6 Å². The lowest BCUT2D eigenvalue weighted by Gasteiger charge is -2.50. The Labute approximate surface area is 171 Å². The van der Waals surface area contributed by atoms with Gasteiger partial charge in [-0.15, -0.1) is 11.3 Å². The fraction of sp³-hybridized carbons (Fsp3) is 0.591. The van der Waals surface area contributed by atoms with Crippen LogP contribution in [0.15, 0.2) is 23.6 Å². The molecule has 2 aromatic rings. The molecule has 28 heavy (non-hydrogen) atoms. The first-order chi connectivity index (χ1) is 13.3. The highest BCUT2D eigenvalue weighted by Gasteiger charge is 2.41. The number of fused-ring (bicyclic) bond motifs is 3. The van der Waals surface area contributed by atoms with Gasteiger partial charge in [-0.3, -0.25) is 9.69 Å². The molecule has 2 bridgehead atoms. The maximum absolute atomic E-state index is 12.2. The van der Waals surface area contributed by atoms with E-state index < -0.39 is 0 Å². The van der Waals surface area contributed by atoms with Gasteiger partial charge in [0.1, 0.15) is 5.82 Å². The molecule has 0 aliphatic carbocycles. The third-order valence-electron chi connectivity index (χ3n) is 6.07. The molecule has 5 rings (SSSR count). The number of carbonyl (C=O) groups excluding carboxylic acids is 1. The predicted octanol–water partition coefficient (Wildman–Crippen LogP) is 3.85. The molecule has 0 aromatic carbocycles. The molecular formula is C22H30N4OS. The van der Waals surface area contributed by atoms with Gasteiger partial charge in [0.15, 0.2) is 0 Å². The highest BCUT2D eigenvalue weighted by molar-refractivity contribution is 7.13. The summed E-state index contributed by atoms with van der Waals surface area (Å²) in [5.41, 5.74) is 1.90. The van der Waals surface area contributed by atoms with Crippen molar-refractivity contribution in [3.05, 3.63) is 35.1 Å². The molecule has 2 aromatic heterocycles. The van der Waals surface area contributed by atoms with Crippen molar-refractivity contribution in [2.24, 2.45) is 11.3 Å². The van der Waals surface area contributed by atoms with Crippen LogP contribution in [0.3, 0.4) is 0 Å². The van der Waals surface area contributed by atoms with Crippen molar-refractivity contribution >= 4 is 17.2 Å². The van der Waals surface area contributed by atoms with Gasteiger partial charge in [0, 0.05) is 36.2 Å². The van der Waals surface area contributed by atoms with Crippen LogP contribution >= 0.6 is 11.3 Å². The van der Waals surface area contributed by atoms with Gasteiger partial charge in [0.05, 0.1) is 10.6 Å². The number of aryl methyl sites for hydroxylation is 1. The SMILES string of the molecule is Cc1nc(-c2cccs2)cc([C@@H]2CN3CC[C@H]2C[C@@H]3CNC(=O)C(C)(C)C)n1. The Kier molecular flexibility index (Phi) is 5.27. The molecule has 1 N–H and O–H groups in total. The van der Waals surface area contributed by atoms with Gasteiger partial charge in [-0.1, -0.05) is 26.8 Å². The highest BCUT2D eigenvalue weighted by Crippen LogP contribution is 2.42. The standard InChI is InChI=1S/C22H30N4OS/c1-14-24-18(11-19(25-14)20-6-5-9-28-20)17-13-26-8-7-15(17)10-16(26)12-23-21(27)22(2,3)4/h5-6,9,11,15-17H,7-8,10,12-13H2,1-4H3,(H,23,27)/t15-,16+,17+/m0/s1. The van der Waals surface area contributed by atoms with Gasteiger partial charge in [-0.25, -0.2) is 9.97 Å². The maximum atomic E-state index is 12.2. The molecule has 3 aliphatic rings. The normalized spacial score (nSPS) is 27.0. The van der Waals surface area contributed by atoms with E-state index in [0.717, 1.165) is 37.6 Å². The summed E-state index contributed by atoms with van der Waals surface area (Å²) >= 11 is 1.73. The molecule has 1 amide bonds. The number of piperidine rings is 3. The summed E-state index contributed by atoms with van der Waals surface area (Å²) in [6.45, 7) is 10.8. The summed E-state index contributed by atoms with van der Waals surface area (Å²) in [4.78, 5) is 25.5. The Balaban J connectivity index is 1.47. The van der Waals surface area contributed by atoms with Crippen LogP contribution in [0.1, 0.15) is 51.0 Å². The van der Waals surface area contributed by atoms with E-state index >= 15 is 0 Å². The zero-order chi connectivity index (χ0) is 19.9. The third kappa shape index (κ3) is 3.98. The van der Waals surface area contributed by atoms with E-state index in [2.05, 4.69) is 38.8 Å². The molecule has 0 saturated carbocycles. The van der Waals surface area contributed by atoms with Crippen molar-refractivity contribution < 1.29 is 4.79 Å². The molecule has 5 nitrogen and oxygen atoms in total. The lowest BCUT2D eigenvalue weighted by Crippen LogP contribution is -2.56. The molecular weight excluding hydrogens is 368 g/mol. The molecule has 0 spiro atoms. The molecule has 4 atom stereocenters. The number of hydrogen-bond acceptors (Lipinski definition) is 5. The zero-order valence-electron chi connectivity index (χ0n) is 17.2. The largest absolute Gasteiger partial charge is 0.354 e. The van der Waals surface area contributed by atoms with Gasteiger partial charge in [0.25, 0.3) is 0 Å². The Bertz CT molecular complexity index is 843. The molecule has 3 saturated heterocycles. The fourth-order valence-corrected chi connectivity index (χ4v) is 5.18. The first-order valence-electron chi connectivity index (χ1n) is 10.2. The molecule has 3 aliphatic heterocycles. The summed E-state index contributed by atoms with van der Waals surface area (Å²) in [6.07, 6.45) is 2.35. The minimum atomic E-state index is -0.331. The average molecular weight is 399 g/mol. The van der Waals surface area contributed by atoms with Crippen molar-refractivity contribution in [1.29, 1.82) is 0 Å². The van der Waals surface area contributed by atoms with Gasteiger partial charge in [0.2, 0.25) is 5.91 Å². The van der Waals surface area contributed by atoms with Crippen molar-refractivity contribution in [3.8, 4) is 10.6 Å². The van der Waals surface area contributed by atoms with E-state index in [9.17, 15) is 4.79 Å². The second-order valence-electron chi connectivity index (χ2n) is 9.20. The number of nitrogens with zero attached hydrogens (tertiary/aromatic N) is 3. The Morgan fingerprint density at radius 1 is 1.36 bits per heavy atom. The van der Waals surface area contributed by atoms with Crippen LogP contribution in [0.2, 0.25) is 0 Å². The molecule has 150 valence electrons. The minimum Gasteiger partial charge on any atom is -0.354 e. The second-order valence-corrected chi connectivity index (χ2v) is 10.1. The first kappa shape index (κ1) is 19.5. The second kappa shape index (κ2) is 7.56. The monoisotopic (exact) mass is 398 g/mol. The number of amides is 1. The lowest BCUT2D eigenvalue weighted by molar-refractivity contribution is -0.129. The van der Waals surface area contributed by atoms with E-state index in [-0.39, 0.29) is 11.3 Å². The number of thiophene rings is 1. The van der Waals surface area contributed by atoms with Gasteiger partial charge >= 0.3 is 0 Å². The predicted molar refractivity (Wildman–Crippen MR) is 113 cm³/mol. The van der Waals surface area contributed by atoms with E-state index in [0.29, 0.717) is 17.9 Å². The van der Waals surface area contributed by atoms with Crippen LogP contribution in [0.5, 0.6) is 0 Å². The van der Waals surface area contributed by atoms with Crippen LogP contribution < -0.4 is 5.32 Å². The smallest absolute Gasteiger partial charge is 0.225 e. The molecule has 1 unspecified atom stereocenters. The first-order valence-corrected chi connectivity index (χ1v) is 11.1. The van der Waals surface area contributed by atoms with E-state index in [1.54, 1.807) is 11.3 Å². The van der Waals surface area contributed by atoms with E-state index in [1.807, 2.05) is 27.7 Å². The number of rotatable bonds is 4. The average Bonchev–Trinajstić information content (AvgIpc) is 3.20. The van der Waals surface area contributed by atoms with Crippen LogP contribution in [0.4, 0.5) is 0 Å². The summed E-state index contributed by atoms with van der Waals surface area (Å²) < 4.78 is 0. The Morgan fingerprint density at radius 2 is 2.18 bits per heavy atom. The Morgan fingerprint density at radius 3 is 2.82 bits per heavy atom. The topological polar surface area (TPSA) is 58.1 Å².